The lowest BCUT2D eigenvalue weighted by Gasteiger charge is -2.10. The summed E-state index contributed by atoms with van der Waals surface area (Å²) in [6, 6.07) is 0. The first-order valence-corrected chi connectivity index (χ1v) is 8.24. The number of aromatic nitrogens is 2. The first-order chi connectivity index (χ1) is 11.4. The van der Waals surface area contributed by atoms with Crippen LogP contribution in [0.25, 0.3) is 10.2 Å². The fourth-order valence-electron chi connectivity index (χ4n) is 2.15. The number of nitrogens with zero attached hydrogens (tertiary/aromatic N) is 1. The third-order valence-corrected chi connectivity index (χ3v) is 4.43. The molecule has 128 valence electrons. The number of aromatic amines is 1. The molecule has 2 heterocycles. The minimum Gasteiger partial charge on any atom is -0.462 e. The van der Waals surface area contributed by atoms with Gasteiger partial charge >= 0.3 is 11.9 Å². The molecule has 0 aliphatic rings. The van der Waals surface area contributed by atoms with Crippen LogP contribution in [0.15, 0.2) is 16.9 Å². The van der Waals surface area contributed by atoms with Crippen LogP contribution in [-0.2, 0) is 14.3 Å². The average Bonchev–Trinajstić information content (AvgIpc) is 2.85. The van der Waals surface area contributed by atoms with Crippen LogP contribution in [0, 0.1) is 6.92 Å². The van der Waals surface area contributed by atoms with Crippen molar-refractivity contribution in [3.05, 3.63) is 38.8 Å². The minimum atomic E-state index is -0.723. The van der Waals surface area contributed by atoms with Crippen LogP contribution in [0.1, 0.15) is 47.9 Å². The maximum Gasteiger partial charge on any atom is 0.348 e. The molecule has 0 unspecified atom stereocenters. The van der Waals surface area contributed by atoms with Crippen LogP contribution < -0.4 is 5.56 Å². The van der Waals surface area contributed by atoms with E-state index in [1.54, 1.807) is 33.8 Å². The SMILES string of the molecule is C/C=C/C(=O)O[C@H](C)c1nc2sc(C(=O)OCC)c(C)c2c(=O)[nH]1. The van der Waals surface area contributed by atoms with Crippen molar-refractivity contribution in [2.45, 2.75) is 33.8 Å². The summed E-state index contributed by atoms with van der Waals surface area (Å²) in [6.45, 7) is 6.95. The first kappa shape index (κ1) is 17.9. The molecular weight excluding hydrogens is 332 g/mol. The number of allylic oxidation sites excluding steroid dienone is 1. The molecule has 24 heavy (non-hydrogen) atoms. The monoisotopic (exact) mass is 350 g/mol. The Morgan fingerprint density at radius 3 is 2.75 bits per heavy atom. The smallest absolute Gasteiger partial charge is 0.348 e. The molecule has 0 aromatic carbocycles. The van der Waals surface area contributed by atoms with Gasteiger partial charge in [0.1, 0.15) is 9.71 Å². The second-order valence-corrected chi connectivity index (χ2v) is 5.99. The summed E-state index contributed by atoms with van der Waals surface area (Å²) < 4.78 is 10.1. The van der Waals surface area contributed by atoms with Crippen LogP contribution >= 0.6 is 11.3 Å². The molecular formula is C16H18N2O5S. The molecule has 1 atom stereocenters. The topological polar surface area (TPSA) is 98.3 Å². The van der Waals surface area contributed by atoms with E-state index in [1.165, 1.54) is 6.08 Å². The molecule has 2 aromatic rings. The van der Waals surface area contributed by atoms with E-state index in [9.17, 15) is 14.4 Å². The van der Waals surface area contributed by atoms with Crippen molar-refractivity contribution in [3.8, 4) is 0 Å². The molecule has 0 amide bonds. The minimum absolute atomic E-state index is 0.224. The lowest BCUT2D eigenvalue weighted by atomic mass is 10.2. The van der Waals surface area contributed by atoms with Crippen molar-refractivity contribution < 1.29 is 19.1 Å². The Labute approximate surface area is 142 Å². The summed E-state index contributed by atoms with van der Waals surface area (Å²) in [4.78, 5) is 43.5. The second-order valence-electron chi connectivity index (χ2n) is 4.99. The van der Waals surface area contributed by atoms with Gasteiger partial charge in [0.25, 0.3) is 5.56 Å². The van der Waals surface area contributed by atoms with E-state index in [1.807, 2.05) is 0 Å². The number of esters is 2. The van der Waals surface area contributed by atoms with Crippen molar-refractivity contribution in [2.24, 2.45) is 0 Å². The number of ether oxygens (including phenoxy) is 2. The summed E-state index contributed by atoms with van der Waals surface area (Å²) >= 11 is 1.09. The van der Waals surface area contributed by atoms with E-state index < -0.39 is 18.0 Å². The molecule has 0 spiro atoms. The Bertz CT molecular complexity index is 865. The Morgan fingerprint density at radius 2 is 2.12 bits per heavy atom. The van der Waals surface area contributed by atoms with Gasteiger partial charge in [-0.15, -0.1) is 11.3 Å². The highest BCUT2D eigenvalue weighted by Gasteiger charge is 2.22. The van der Waals surface area contributed by atoms with Crippen molar-refractivity contribution in [1.29, 1.82) is 0 Å². The Morgan fingerprint density at radius 1 is 1.42 bits per heavy atom. The van der Waals surface area contributed by atoms with E-state index >= 15 is 0 Å². The highest BCUT2D eigenvalue weighted by molar-refractivity contribution is 7.20. The maximum atomic E-state index is 12.3. The summed E-state index contributed by atoms with van der Waals surface area (Å²) in [5.74, 6) is -0.782. The number of fused-ring (bicyclic) bond motifs is 1. The Kier molecular flexibility index (Phi) is 5.50. The van der Waals surface area contributed by atoms with Crippen molar-refractivity contribution >= 4 is 33.5 Å². The molecule has 0 fully saturated rings. The summed E-state index contributed by atoms with van der Waals surface area (Å²) in [5.41, 5.74) is 0.153. The average molecular weight is 350 g/mol. The third-order valence-electron chi connectivity index (χ3n) is 3.26. The predicted octanol–water partition coefficient (Wildman–Crippen LogP) is 2.65. The van der Waals surface area contributed by atoms with Crippen LogP contribution in [0.3, 0.4) is 0 Å². The molecule has 0 radical (unpaired) electrons. The van der Waals surface area contributed by atoms with Gasteiger partial charge in [-0.25, -0.2) is 14.6 Å². The number of H-pyrrole nitrogens is 1. The zero-order chi connectivity index (χ0) is 17.9. The fourth-order valence-corrected chi connectivity index (χ4v) is 3.23. The number of hydrogen-bond acceptors (Lipinski definition) is 7. The molecule has 0 saturated carbocycles. The normalized spacial score (nSPS) is 12.5. The number of rotatable bonds is 5. The van der Waals surface area contributed by atoms with Gasteiger partial charge in [-0.2, -0.15) is 0 Å². The van der Waals surface area contributed by atoms with Gasteiger partial charge in [0, 0.05) is 6.08 Å². The van der Waals surface area contributed by atoms with Crippen LogP contribution in [0.4, 0.5) is 0 Å². The van der Waals surface area contributed by atoms with E-state index in [0.717, 1.165) is 11.3 Å². The van der Waals surface area contributed by atoms with Gasteiger partial charge in [0.15, 0.2) is 11.9 Å². The third kappa shape index (κ3) is 3.53. The number of thiophene rings is 1. The van der Waals surface area contributed by atoms with Gasteiger partial charge in [-0.1, -0.05) is 6.08 Å². The predicted molar refractivity (Wildman–Crippen MR) is 90.3 cm³/mol. The van der Waals surface area contributed by atoms with Crippen LogP contribution in [0.2, 0.25) is 0 Å². The summed E-state index contributed by atoms with van der Waals surface area (Å²) in [5, 5.41) is 0.346. The van der Waals surface area contributed by atoms with E-state index in [2.05, 4.69) is 9.97 Å². The quantitative estimate of drug-likeness (QED) is 0.657. The standard InChI is InChI=1S/C16H18N2O5S/c1-5-7-10(19)23-9(4)13-17-14(20)11-8(3)12(16(21)22-6-2)24-15(11)18-13/h5,7,9H,6H2,1-4H3,(H,17,18,20)/b7-5+/t9-/m1/s1. The molecule has 7 nitrogen and oxygen atoms in total. The van der Waals surface area contributed by atoms with Gasteiger partial charge in [0.05, 0.1) is 12.0 Å². The Hall–Kier alpha value is -2.48. The fraction of sp³-hybridized carbons (Fsp3) is 0.375. The number of hydrogen-bond donors (Lipinski definition) is 1. The molecule has 2 rings (SSSR count). The molecule has 0 bridgehead atoms. The van der Waals surface area contributed by atoms with Crippen molar-refractivity contribution in [2.75, 3.05) is 6.61 Å². The van der Waals surface area contributed by atoms with E-state index in [0.29, 0.717) is 20.7 Å². The van der Waals surface area contributed by atoms with E-state index in [-0.39, 0.29) is 18.0 Å². The summed E-state index contributed by atoms with van der Waals surface area (Å²) in [6.07, 6.45) is 2.11. The molecule has 0 saturated heterocycles. The van der Waals surface area contributed by atoms with Crippen molar-refractivity contribution in [1.82, 2.24) is 9.97 Å². The van der Waals surface area contributed by atoms with Gasteiger partial charge in [0.2, 0.25) is 0 Å². The molecule has 0 aliphatic carbocycles. The first-order valence-electron chi connectivity index (χ1n) is 7.42. The molecule has 0 aliphatic heterocycles. The van der Waals surface area contributed by atoms with Gasteiger partial charge in [-0.05, 0) is 33.3 Å². The maximum absolute atomic E-state index is 12.3. The lowest BCUT2D eigenvalue weighted by Crippen LogP contribution is -2.16. The van der Waals surface area contributed by atoms with Gasteiger partial charge in [-0.3, -0.25) is 4.79 Å². The molecule has 2 aromatic heterocycles. The molecule has 8 heteroatoms. The zero-order valence-electron chi connectivity index (χ0n) is 13.8. The number of carbonyl (C=O) groups is 2. The number of aryl methyl sites for hydroxylation is 1. The highest BCUT2D eigenvalue weighted by Crippen LogP contribution is 2.28. The van der Waals surface area contributed by atoms with Crippen LogP contribution in [-0.4, -0.2) is 28.5 Å². The highest BCUT2D eigenvalue weighted by atomic mass is 32.1. The number of carbonyl (C=O) groups excluding carboxylic acids is 2. The largest absolute Gasteiger partial charge is 0.462 e. The van der Waals surface area contributed by atoms with Crippen molar-refractivity contribution in [3.63, 3.8) is 0 Å². The summed E-state index contributed by atoms with van der Waals surface area (Å²) in [7, 11) is 0. The van der Waals surface area contributed by atoms with Crippen LogP contribution in [0.5, 0.6) is 0 Å². The number of nitrogens with one attached hydrogen (secondary N) is 1. The Balaban J connectivity index is 2.44. The van der Waals surface area contributed by atoms with Gasteiger partial charge < -0.3 is 14.5 Å². The molecule has 1 N–H and O–H groups in total. The zero-order valence-corrected chi connectivity index (χ0v) is 14.7. The van der Waals surface area contributed by atoms with E-state index in [4.69, 9.17) is 9.47 Å². The lowest BCUT2D eigenvalue weighted by molar-refractivity contribution is -0.142. The second kappa shape index (κ2) is 7.39.